The molecule has 0 bridgehead atoms. The van der Waals surface area contributed by atoms with Gasteiger partial charge in [-0.25, -0.2) is 0 Å². The minimum Gasteiger partial charge on any atom is -0.356 e. The zero-order chi connectivity index (χ0) is 18.6. The molecule has 6 heteroatoms. The molecule has 2 N–H and O–H groups in total. The van der Waals surface area contributed by atoms with Crippen molar-refractivity contribution in [3.05, 3.63) is 65.6 Å². The molecule has 6 nitrogen and oxygen atoms in total. The average molecular weight is 350 g/mol. The summed E-state index contributed by atoms with van der Waals surface area (Å²) < 4.78 is 1.97. The van der Waals surface area contributed by atoms with Crippen LogP contribution in [0.15, 0.2) is 53.7 Å². The van der Waals surface area contributed by atoms with Gasteiger partial charge in [0.2, 0.25) is 0 Å². The maximum absolute atomic E-state index is 4.32. The molecule has 0 aliphatic rings. The smallest absolute Gasteiger partial charge is 0.191 e. The van der Waals surface area contributed by atoms with Crippen LogP contribution in [-0.2, 0) is 12.0 Å². The number of pyridine rings is 1. The second kappa shape index (κ2) is 7.56. The van der Waals surface area contributed by atoms with Crippen LogP contribution < -0.4 is 10.6 Å². The van der Waals surface area contributed by atoms with Crippen LogP contribution in [0, 0.1) is 6.92 Å². The monoisotopic (exact) mass is 350 g/mol. The van der Waals surface area contributed by atoms with E-state index >= 15 is 0 Å². The van der Waals surface area contributed by atoms with E-state index < -0.39 is 0 Å². The van der Waals surface area contributed by atoms with Crippen molar-refractivity contribution < 1.29 is 0 Å². The Morgan fingerprint density at radius 3 is 2.58 bits per heavy atom. The lowest BCUT2D eigenvalue weighted by molar-refractivity contribution is 0.508. The minimum absolute atomic E-state index is 0.00706. The van der Waals surface area contributed by atoms with Gasteiger partial charge in [0.05, 0.1) is 6.54 Å². The summed E-state index contributed by atoms with van der Waals surface area (Å²) in [6.07, 6.45) is 1.96. The third kappa shape index (κ3) is 4.02. The van der Waals surface area contributed by atoms with Crippen LogP contribution in [0.5, 0.6) is 0 Å². The van der Waals surface area contributed by atoms with Gasteiger partial charge < -0.3 is 10.6 Å². The third-order valence-electron chi connectivity index (χ3n) is 4.55. The number of hydrogen-bond donors (Lipinski definition) is 2. The Kier molecular flexibility index (Phi) is 5.21. The molecule has 3 aromatic rings. The van der Waals surface area contributed by atoms with Gasteiger partial charge in [0.25, 0.3) is 0 Å². The van der Waals surface area contributed by atoms with Crippen LogP contribution in [-0.4, -0.2) is 34.2 Å². The van der Waals surface area contributed by atoms with E-state index in [9.17, 15) is 0 Å². The van der Waals surface area contributed by atoms with Gasteiger partial charge in [-0.2, -0.15) is 0 Å². The highest BCUT2D eigenvalue weighted by Gasteiger charge is 2.20. The van der Waals surface area contributed by atoms with Crippen LogP contribution in [0.2, 0.25) is 0 Å². The van der Waals surface area contributed by atoms with Gasteiger partial charge in [-0.1, -0.05) is 49.7 Å². The van der Waals surface area contributed by atoms with Crippen molar-refractivity contribution in [1.82, 2.24) is 25.2 Å². The average Bonchev–Trinajstić information content (AvgIpc) is 3.05. The molecule has 0 fully saturated rings. The van der Waals surface area contributed by atoms with E-state index in [2.05, 4.69) is 70.9 Å². The van der Waals surface area contributed by atoms with Gasteiger partial charge in [0.1, 0.15) is 0 Å². The number of nitrogens with one attached hydrogen (secondary N) is 2. The fourth-order valence-electron chi connectivity index (χ4n) is 2.81. The Morgan fingerprint density at radius 1 is 1.08 bits per heavy atom. The van der Waals surface area contributed by atoms with Crippen LogP contribution in [0.4, 0.5) is 0 Å². The van der Waals surface area contributed by atoms with Crippen LogP contribution in [0.1, 0.15) is 30.8 Å². The number of benzene rings is 1. The summed E-state index contributed by atoms with van der Waals surface area (Å²) >= 11 is 0. The molecule has 2 aromatic heterocycles. The molecule has 0 saturated heterocycles. The van der Waals surface area contributed by atoms with E-state index in [4.69, 9.17) is 0 Å². The third-order valence-corrected chi connectivity index (χ3v) is 4.55. The molecule has 136 valence electrons. The van der Waals surface area contributed by atoms with Gasteiger partial charge >= 0.3 is 0 Å². The predicted octanol–water partition coefficient (Wildman–Crippen LogP) is 2.68. The number of rotatable bonds is 5. The SMILES string of the molecule is CN=C(NCc1nnc2ccccn12)NCC(C)(C)c1ccc(C)cc1. The highest BCUT2D eigenvalue weighted by molar-refractivity contribution is 5.79. The number of guanidine groups is 1. The Morgan fingerprint density at radius 2 is 1.85 bits per heavy atom. The largest absolute Gasteiger partial charge is 0.356 e. The maximum Gasteiger partial charge on any atom is 0.191 e. The number of hydrogen-bond acceptors (Lipinski definition) is 3. The zero-order valence-corrected chi connectivity index (χ0v) is 15.8. The number of aliphatic imine (C=N–C) groups is 1. The Bertz CT molecular complexity index is 892. The van der Waals surface area contributed by atoms with Crippen LogP contribution in [0.3, 0.4) is 0 Å². The first-order valence-corrected chi connectivity index (χ1v) is 8.80. The predicted molar refractivity (Wildman–Crippen MR) is 105 cm³/mol. The van der Waals surface area contributed by atoms with Gasteiger partial charge in [-0.15, -0.1) is 10.2 Å². The fourth-order valence-corrected chi connectivity index (χ4v) is 2.81. The van der Waals surface area contributed by atoms with Crippen molar-refractivity contribution in [2.24, 2.45) is 4.99 Å². The van der Waals surface area contributed by atoms with Gasteiger partial charge in [-0.05, 0) is 24.6 Å². The van der Waals surface area contributed by atoms with E-state index in [0.717, 1.165) is 24.0 Å². The Hall–Kier alpha value is -2.89. The summed E-state index contributed by atoms with van der Waals surface area (Å²) in [5.41, 5.74) is 3.41. The molecule has 3 rings (SSSR count). The topological polar surface area (TPSA) is 66.6 Å². The summed E-state index contributed by atoms with van der Waals surface area (Å²) in [7, 11) is 1.77. The summed E-state index contributed by atoms with van der Waals surface area (Å²) in [5, 5.41) is 15.1. The van der Waals surface area contributed by atoms with Crippen LogP contribution in [0.25, 0.3) is 5.65 Å². The molecule has 2 heterocycles. The fraction of sp³-hybridized carbons (Fsp3) is 0.350. The van der Waals surface area contributed by atoms with E-state index in [1.165, 1.54) is 11.1 Å². The van der Waals surface area contributed by atoms with E-state index in [1.54, 1.807) is 7.05 Å². The molecule has 1 aromatic carbocycles. The lowest BCUT2D eigenvalue weighted by Crippen LogP contribution is -2.43. The van der Waals surface area contributed by atoms with Crippen LogP contribution >= 0.6 is 0 Å². The number of aryl methyl sites for hydroxylation is 1. The molecule has 0 spiro atoms. The molecule has 0 unspecified atom stereocenters. The first-order valence-electron chi connectivity index (χ1n) is 8.80. The van der Waals surface area contributed by atoms with Crippen molar-refractivity contribution in [3.8, 4) is 0 Å². The quantitative estimate of drug-likeness (QED) is 0.548. The highest BCUT2D eigenvalue weighted by Crippen LogP contribution is 2.22. The first kappa shape index (κ1) is 17.9. The summed E-state index contributed by atoms with van der Waals surface area (Å²) in [4.78, 5) is 4.32. The molecule has 0 amide bonds. The molecule has 26 heavy (non-hydrogen) atoms. The van der Waals surface area contributed by atoms with Crippen molar-refractivity contribution in [2.75, 3.05) is 13.6 Å². The standard InChI is InChI=1S/C20H26N6/c1-15-8-10-16(11-9-15)20(2,3)14-23-19(21-4)22-13-18-25-24-17-7-5-6-12-26(17)18/h5-12H,13-14H2,1-4H3,(H2,21,22,23). The lowest BCUT2D eigenvalue weighted by Gasteiger charge is -2.27. The summed E-state index contributed by atoms with van der Waals surface area (Å²) in [5.74, 6) is 1.60. The number of fused-ring (bicyclic) bond motifs is 1. The molecule has 0 radical (unpaired) electrons. The maximum atomic E-state index is 4.32. The molecule has 0 aliphatic carbocycles. The van der Waals surface area contributed by atoms with Crippen molar-refractivity contribution in [2.45, 2.75) is 32.7 Å². The zero-order valence-electron chi connectivity index (χ0n) is 15.8. The second-order valence-electron chi connectivity index (χ2n) is 7.07. The number of aromatic nitrogens is 3. The summed E-state index contributed by atoms with van der Waals surface area (Å²) in [6.45, 7) is 7.88. The minimum atomic E-state index is -0.00706. The van der Waals surface area contributed by atoms with Gasteiger partial charge in [0, 0.05) is 25.2 Å². The molecular formula is C20H26N6. The van der Waals surface area contributed by atoms with E-state index in [1.807, 2.05) is 28.8 Å². The van der Waals surface area contributed by atoms with Crippen molar-refractivity contribution in [3.63, 3.8) is 0 Å². The van der Waals surface area contributed by atoms with Gasteiger partial charge in [0.15, 0.2) is 17.4 Å². The number of nitrogens with zero attached hydrogens (tertiary/aromatic N) is 4. The molecule has 0 saturated carbocycles. The van der Waals surface area contributed by atoms with Crippen molar-refractivity contribution in [1.29, 1.82) is 0 Å². The van der Waals surface area contributed by atoms with Gasteiger partial charge in [-0.3, -0.25) is 9.39 Å². The second-order valence-corrected chi connectivity index (χ2v) is 7.07. The molecule has 0 aliphatic heterocycles. The first-order chi connectivity index (χ1) is 12.5. The normalized spacial score (nSPS) is 12.4. The Balaban J connectivity index is 1.60. The molecular weight excluding hydrogens is 324 g/mol. The molecule has 0 atom stereocenters. The van der Waals surface area contributed by atoms with E-state index in [0.29, 0.717) is 6.54 Å². The Labute approximate surface area is 154 Å². The summed E-state index contributed by atoms with van der Waals surface area (Å²) in [6, 6.07) is 14.5. The van der Waals surface area contributed by atoms with E-state index in [-0.39, 0.29) is 5.41 Å². The lowest BCUT2D eigenvalue weighted by atomic mass is 9.84. The highest BCUT2D eigenvalue weighted by atomic mass is 15.3. The van der Waals surface area contributed by atoms with Crippen molar-refractivity contribution >= 4 is 11.6 Å².